The van der Waals surface area contributed by atoms with Crippen molar-refractivity contribution >= 4 is 11.9 Å². The maximum Gasteiger partial charge on any atom is 0.306 e. The van der Waals surface area contributed by atoms with E-state index in [1.54, 1.807) is 0 Å². The molecule has 0 aromatic rings. The third-order valence-electron chi connectivity index (χ3n) is 13.3. The van der Waals surface area contributed by atoms with Gasteiger partial charge in [0.1, 0.15) is 6.10 Å². The molecule has 3 N–H and O–H groups in total. The summed E-state index contributed by atoms with van der Waals surface area (Å²) >= 11 is 0. The fraction of sp³-hybridized carbons (Fsp3) is 0.806. The highest BCUT2D eigenvalue weighted by Crippen LogP contribution is 2.18. The fourth-order valence-corrected chi connectivity index (χ4v) is 8.82. The van der Waals surface area contributed by atoms with Gasteiger partial charge in [0, 0.05) is 6.42 Å². The first-order chi connectivity index (χ1) is 33.5. The lowest BCUT2D eigenvalue weighted by Crippen LogP contribution is -2.46. The van der Waals surface area contributed by atoms with Gasteiger partial charge < -0.3 is 20.3 Å². The maximum absolute atomic E-state index is 13.3. The van der Waals surface area contributed by atoms with Crippen molar-refractivity contribution in [3.05, 3.63) is 60.8 Å². The van der Waals surface area contributed by atoms with Gasteiger partial charge in [-0.15, -0.1) is 0 Å². The second-order valence-corrected chi connectivity index (χ2v) is 20.0. The summed E-state index contributed by atoms with van der Waals surface area (Å²) in [7, 11) is 0. The zero-order valence-corrected chi connectivity index (χ0v) is 45.2. The first-order valence-electron chi connectivity index (χ1n) is 29.5. The van der Waals surface area contributed by atoms with Crippen LogP contribution in [0.1, 0.15) is 297 Å². The van der Waals surface area contributed by atoms with Crippen LogP contribution in [-0.4, -0.2) is 46.9 Å². The number of rotatable bonds is 53. The molecule has 0 bridgehead atoms. The van der Waals surface area contributed by atoms with Crippen LogP contribution < -0.4 is 5.32 Å². The number of aliphatic hydroxyl groups is 2. The fourth-order valence-electron chi connectivity index (χ4n) is 8.82. The Labute approximate surface area is 422 Å². The predicted octanol–water partition coefficient (Wildman–Crippen LogP) is 18.4. The number of esters is 1. The Balaban J connectivity index is 4.64. The number of unbranched alkanes of at least 4 members (excludes halogenated alkanes) is 31. The van der Waals surface area contributed by atoms with E-state index in [2.05, 4.69) is 86.8 Å². The summed E-state index contributed by atoms with van der Waals surface area (Å²) in [5, 5.41) is 23.9. The molecule has 3 atom stereocenters. The van der Waals surface area contributed by atoms with E-state index < -0.39 is 18.2 Å². The molecule has 0 radical (unpaired) electrons. The molecular weight excluding hydrogens is 839 g/mol. The summed E-state index contributed by atoms with van der Waals surface area (Å²) < 4.78 is 5.95. The van der Waals surface area contributed by atoms with Crippen molar-refractivity contribution in [1.82, 2.24) is 5.32 Å². The number of amides is 1. The summed E-state index contributed by atoms with van der Waals surface area (Å²) in [5.74, 6) is -0.517. The summed E-state index contributed by atoms with van der Waals surface area (Å²) in [5.41, 5.74) is 0. The van der Waals surface area contributed by atoms with Crippen molar-refractivity contribution in [2.24, 2.45) is 0 Å². The Hall–Kier alpha value is -2.44. The molecule has 0 aliphatic rings. The molecule has 0 spiro atoms. The van der Waals surface area contributed by atoms with Gasteiger partial charge in [-0.2, -0.15) is 0 Å². The van der Waals surface area contributed by atoms with Gasteiger partial charge in [-0.1, -0.05) is 248 Å². The molecule has 0 heterocycles. The lowest BCUT2D eigenvalue weighted by atomic mass is 10.0. The molecule has 6 nitrogen and oxygen atoms in total. The molecule has 0 fully saturated rings. The third kappa shape index (κ3) is 50.0. The Bertz CT molecular complexity index is 1210. The monoisotopic (exact) mass is 952 g/mol. The Kier molecular flexibility index (Phi) is 53.5. The van der Waals surface area contributed by atoms with Gasteiger partial charge in [0.2, 0.25) is 5.91 Å². The van der Waals surface area contributed by atoms with E-state index in [1.165, 1.54) is 154 Å². The third-order valence-corrected chi connectivity index (χ3v) is 13.3. The summed E-state index contributed by atoms with van der Waals surface area (Å²) in [6.45, 7) is 6.47. The molecule has 0 saturated heterocycles. The number of nitrogens with one attached hydrogen (secondary N) is 1. The second-order valence-electron chi connectivity index (χ2n) is 20.0. The van der Waals surface area contributed by atoms with E-state index in [9.17, 15) is 19.8 Å². The van der Waals surface area contributed by atoms with Gasteiger partial charge in [0.15, 0.2) is 0 Å². The Morgan fingerprint density at radius 2 is 0.750 bits per heavy atom. The van der Waals surface area contributed by atoms with E-state index in [0.717, 1.165) is 96.3 Å². The number of hydrogen-bond acceptors (Lipinski definition) is 5. The van der Waals surface area contributed by atoms with Crippen molar-refractivity contribution in [1.29, 1.82) is 0 Å². The molecule has 0 saturated carbocycles. The summed E-state index contributed by atoms with van der Waals surface area (Å²) in [6, 6.07) is -0.715. The zero-order valence-electron chi connectivity index (χ0n) is 45.2. The van der Waals surface area contributed by atoms with Crippen LogP contribution in [-0.2, 0) is 14.3 Å². The SMILES string of the molecule is CCCCC/C=C\C/C=C\C/C=C\C/C=C\CCCCCC(=O)OC(CCCCC/C=C/CCCCCCCCCCC)CC(=O)NC(CO)C(O)CCCCCCCCCCCCCCCC. The lowest BCUT2D eigenvalue weighted by Gasteiger charge is -2.24. The molecular formula is C62H113NO5. The Morgan fingerprint density at radius 1 is 0.426 bits per heavy atom. The highest BCUT2D eigenvalue weighted by atomic mass is 16.5. The molecule has 0 aliphatic carbocycles. The topological polar surface area (TPSA) is 95.9 Å². The standard InChI is InChI=1S/C62H113NO5/c1-4-7-10-13-16-19-22-25-28-30-31-32-34-37-40-43-46-49-52-55-62(67)68-58(53-50-47-44-41-38-35-33-29-26-23-20-17-14-11-8-5-2)56-61(66)63-59(57-64)60(65)54-51-48-45-42-39-36-27-24-21-18-15-12-9-6-3/h16,19,25,28,31-32,35,37-38,40,58-60,64-65H,4-15,17-18,20-24,26-27,29-30,33-34,36,39,41-57H2,1-3H3,(H,63,66)/b19-16-,28-25-,32-31-,38-35+,40-37-. The predicted molar refractivity (Wildman–Crippen MR) is 296 cm³/mol. The summed E-state index contributed by atoms with van der Waals surface area (Å²) in [4.78, 5) is 26.3. The van der Waals surface area contributed by atoms with Gasteiger partial charge >= 0.3 is 5.97 Å². The number of carbonyl (C=O) groups is 2. The molecule has 0 aromatic heterocycles. The van der Waals surface area contributed by atoms with Crippen molar-refractivity contribution in [2.75, 3.05) is 6.61 Å². The van der Waals surface area contributed by atoms with Gasteiger partial charge in [0.05, 0.1) is 25.2 Å². The van der Waals surface area contributed by atoms with Crippen LogP contribution in [0, 0.1) is 0 Å². The van der Waals surface area contributed by atoms with Gasteiger partial charge in [-0.25, -0.2) is 0 Å². The van der Waals surface area contributed by atoms with Crippen molar-refractivity contribution in [3.8, 4) is 0 Å². The number of aliphatic hydroxyl groups excluding tert-OH is 2. The highest BCUT2D eigenvalue weighted by Gasteiger charge is 2.24. The minimum Gasteiger partial charge on any atom is -0.462 e. The van der Waals surface area contributed by atoms with E-state index in [0.29, 0.717) is 19.3 Å². The van der Waals surface area contributed by atoms with E-state index in [4.69, 9.17) is 4.74 Å². The van der Waals surface area contributed by atoms with Crippen molar-refractivity contribution in [3.63, 3.8) is 0 Å². The van der Waals surface area contributed by atoms with Crippen LogP contribution in [0.4, 0.5) is 0 Å². The van der Waals surface area contributed by atoms with Crippen LogP contribution in [0.2, 0.25) is 0 Å². The maximum atomic E-state index is 13.3. The van der Waals surface area contributed by atoms with Crippen LogP contribution in [0.25, 0.3) is 0 Å². The molecule has 0 rings (SSSR count). The number of hydrogen-bond donors (Lipinski definition) is 3. The first-order valence-corrected chi connectivity index (χ1v) is 29.5. The average Bonchev–Trinajstić information content (AvgIpc) is 3.33. The highest BCUT2D eigenvalue weighted by molar-refractivity contribution is 5.77. The number of allylic oxidation sites excluding steroid dienone is 10. The van der Waals surface area contributed by atoms with E-state index >= 15 is 0 Å². The molecule has 3 unspecified atom stereocenters. The Morgan fingerprint density at radius 3 is 1.19 bits per heavy atom. The number of carbonyl (C=O) groups excluding carboxylic acids is 2. The van der Waals surface area contributed by atoms with Gasteiger partial charge in [-0.3, -0.25) is 9.59 Å². The summed E-state index contributed by atoms with van der Waals surface area (Å²) in [6.07, 6.45) is 70.0. The molecule has 396 valence electrons. The molecule has 68 heavy (non-hydrogen) atoms. The van der Waals surface area contributed by atoms with Crippen LogP contribution in [0.5, 0.6) is 0 Å². The molecule has 6 heteroatoms. The van der Waals surface area contributed by atoms with Crippen LogP contribution in [0.15, 0.2) is 60.8 Å². The van der Waals surface area contributed by atoms with Crippen molar-refractivity contribution < 1.29 is 24.5 Å². The second kappa shape index (κ2) is 55.5. The lowest BCUT2D eigenvalue weighted by molar-refractivity contribution is -0.151. The zero-order chi connectivity index (χ0) is 49.5. The van der Waals surface area contributed by atoms with Crippen LogP contribution in [0.3, 0.4) is 0 Å². The molecule has 1 amide bonds. The van der Waals surface area contributed by atoms with Gasteiger partial charge in [0.25, 0.3) is 0 Å². The normalized spacial score (nSPS) is 13.5. The first kappa shape index (κ1) is 65.6. The molecule has 0 aliphatic heterocycles. The van der Waals surface area contributed by atoms with E-state index in [-0.39, 0.29) is 24.9 Å². The minimum atomic E-state index is -0.799. The largest absolute Gasteiger partial charge is 0.462 e. The smallest absolute Gasteiger partial charge is 0.306 e. The van der Waals surface area contributed by atoms with E-state index in [1.807, 2.05) is 0 Å². The molecule has 0 aromatic carbocycles. The minimum absolute atomic E-state index is 0.0541. The van der Waals surface area contributed by atoms with Crippen molar-refractivity contribution in [2.45, 2.75) is 315 Å². The van der Waals surface area contributed by atoms with Gasteiger partial charge in [-0.05, 0) is 96.3 Å². The quantitative estimate of drug-likeness (QED) is 0.0321. The number of ether oxygens (including phenoxy) is 1. The average molecular weight is 953 g/mol. The van der Waals surface area contributed by atoms with Crippen LogP contribution >= 0.6 is 0 Å².